The number of halogens is 1. The number of ketones is 1. The number of hydrogen-bond acceptors (Lipinski definition) is 5. The van der Waals surface area contributed by atoms with Crippen molar-refractivity contribution in [3.05, 3.63) is 93.6 Å². The molecular weight excluding hydrogens is 448 g/mol. The van der Waals surface area contributed by atoms with Gasteiger partial charge in [-0.3, -0.25) is 4.79 Å². The maximum absolute atomic E-state index is 13.7. The van der Waals surface area contributed by atoms with Crippen LogP contribution in [0, 0.1) is 6.92 Å². The molecule has 3 aromatic rings. The predicted molar refractivity (Wildman–Crippen MR) is 136 cm³/mol. The number of anilines is 2. The fraction of sp³-hybridized carbons (Fsp3) is 0.250. The molecule has 2 aliphatic rings. The Morgan fingerprint density at radius 2 is 1.76 bits per heavy atom. The lowest BCUT2D eigenvalue weighted by atomic mass is 9.78. The van der Waals surface area contributed by atoms with Crippen molar-refractivity contribution in [3.8, 4) is 11.5 Å². The number of aromatic hydroxyl groups is 1. The van der Waals surface area contributed by atoms with E-state index in [0.717, 1.165) is 29.1 Å². The number of carbonyl (C=O) groups is 1. The van der Waals surface area contributed by atoms with E-state index in [1.807, 2.05) is 31.2 Å². The Morgan fingerprint density at radius 3 is 2.50 bits per heavy atom. The van der Waals surface area contributed by atoms with Crippen molar-refractivity contribution in [2.75, 3.05) is 17.2 Å². The second-order valence-electron chi connectivity index (χ2n) is 8.86. The van der Waals surface area contributed by atoms with Gasteiger partial charge in [-0.25, -0.2) is 0 Å². The summed E-state index contributed by atoms with van der Waals surface area (Å²) in [6.45, 7) is 4.30. The molecule has 34 heavy (non-hydrogen) atoms. The van der Waals surface area contributed by atoms with Gasteiger partial charge in [0.25, 0.3) is 0 Å². The molecule has 1 aliphatic carbocycles. The largest absolute Gasteiger partial charge is 0.503 e. The molecule has 0 fully saturated rings. The van der Waals surface area contributed by atoms with Crippen LogP contribution in [-0.2, 0) is 4.79 Å². The van der Waals surface area contributed by atoms with Crippen LogP contribution < -0.4 is 15.4 Å². The summed E-state index contributed by atoms with van der Waals surface area (Å²) < 4.78 is 5.62. The normalized spacial score (nSPS) is 19.4. The minimum atomic E-state index is -0.435. The minimum absolute atomic E-state index is 0.0896. The number of phenols is 1. The molecule has 3 N–H and O–H groups in total. The standard InChI is InChI=1S/C28H27ClN2O3/c1-3-34-25-15-19(12-20(29)28(25)33)27-26-23(30-21-6-4-5-7-22(21)31-27)13-18(14-24(26)32)17-10-8-16(2)9-11-17/h4-12,15,18,27,30-31,33H,3,13-14H2,1-2H3/t18-,27+/m1/s1. The Morgan fingerprint density at radius 1 is 1.03 bits per heavy atom. The Labute approximate surface area is 204 Å². The molecule has 0 saturated heterocycles. The molecule has 0 bridgehead atoms. The Kier molecular flexibility index (Phi) is 5.96. The van der Waals surface area contributed by atoms with Crippen LogP contribution in [0.15, 0.2) is 71.9 Å². The third kappa shape index (κ3) is 4.12. The topological polar surface area (TPSA) is 70.6 Å². The van der Waals surface area contributed by atoms with Crippen molar-refractivity contribution in [2.45, 2.75) is 38.6 Å². The zero-order valence-corrected chi connectivity index (χ0v) is 19.9. The highest BCUT2D eigenvalue weighted by Gasteiger charge is 2.36. The highest BCUT2D eigenvalue weighted by molar-refractivity contribution is 6.32. The predicted octanol–water partition coefficient (Wildman–Crippen LogP) is 6.73. The Hall–Kier alpha value is -3.44. The van der Waals surface area contributed by atoms with E-state index in [0.29, 0.717) is 24.4 Å². The van der Waals surface area contributed by atoms with Gasteiger partial charge in [0.1, 0.15) is 0 Å². The monoisotopic (exact) mass is 474 g/mol. The van der Waals surface area contributed by atoms with Crippen LogP contribution in [0.2, 0.25) is 5.02 Å². The average molecular weight is 475 g/mol. The quantitative estimate of drug-likeness (QED) is 0.391. The van der Waals surface area contributed by atoms with Crippen molar-refractivity contribution >= 4 is 28.8 Å². The molecule has 1 heterocycles. The number of aryl methyl sites for hydroxylation is 1. The SMILES string of the molecule is CCOc1cc([C@@H]2Nc3ccccc3NC3=C2C(=O)C[C@H](c2ccc(C)cc2)C3)cc(Cl)c1O. The maximum Gasteiger partial charge on any atom is 0.176 e. The van der Waals surface area contributed by atoms with Crippen LogP contribution in [0.4, 0.5) is 11.4 Å². The Bertz CT molecular complexity index is 1280. The molecule has 2 atom stereocenters. The number of carbonyl (C=O) groups excluding carboxylic acids is 1. The highest BCUT2D eigenvalue weighted by Crippen LogP contribution is 2.46. The first-order valence-corrected chi connectivity index (χ1v) is 11.9. The maximum atomic E-state index is 13.7. The molecule has 0 aromatic heterocycles. The van der Waals surface area contributed by atoms with Crippen LogP contribution >= 0.6 is 11.6 Å². The van der Waals surface area contributed by atoms with Gasteiger partial charge in [0.15, 0.2) is 17.3 Å². The third-order valence-electron chi connectivity index (χ3n) is 6.54. The fourth-order valence-corrected chi connectivity index (χ4v) is 5.06. The van der Waals surface area contributed by atoms with Gasteiger partial charge in [0, 0.05) is 17.7 Å². The van der Waals surface area contributed by atoms with Crippen LogP contribution in [0.1, 0.15) is 48.4 Å². The van der Waals surface area contributed by atoms with E-state index in [1.165, 1.54) is 11.1 Å². The second kappa shape index (κ2) is 9.07. The first-order chi connectivity index (χ1) is 16.4. The van der Waals surface area contributed by atoms with Gasteiger partial charge >= 0.3 is 0 Å². The van der Waals surface area contributed by atoms with Gasteiger partial charge in [-0.05, 0) is 61.6 Å². The van der Waals surface area contributed by atoms with Crippen molar-refractivity contribution in [1.29, 1.82) is 0 Å². The van der Waals surface area contributed by atoms with E-state index in [9.17, 15) is 9.90 Å². The summed E-state index contributed by atoms with van der Waals surface area (Å²) >= 11 is 6.37. The van der Waals surface area contributed by atoms with Crippen molar-refractivity contribution in [2.24, 2.45) is 0 Å². The lowest BCUT2D eigenvalue weighted by Crippen LogP contribution is -2.27. The number of fused-ring (bicyclic) bond motifs is 1. The van der Waals surface area contributed by atoms with E-state index in [-0.39, 0.29) is 22.5 Å². The fourth-order valence-electron chi connectivity index (χ4n) is 4.84. The molecular formula is C28H27ClN2O3. The van der Waals surface area contributed by atoms with E-state index >= 15 is 0 Å². The molecule has 0 saturated carbocycles. The number of para-hydroxylation sites is 2. The van der Waals surface area contributed by atoms with Gasteiger partial charge in [0.05, 0.1) is 29.0 Å². The number of phenolic OH excluding ortho intramolecular Hbond substituents is 1. The van der Waals surface area contributed by atoms with Crippen LogP contribution in [0.25, 0.3) is 0 Å². The molecule has 1 aliphatic heterocycles. The van der Waals surface area contributed by atoms with E-state index in [2.05, 4.69) is 41.8 Å². The summed E-state index contributed by atoms with van der Waals surface area (Å²) in [7, 11) is 0. The lowest BCUT2D eigenvalue weighted by molar-refractivity contribution is -0.116. The van der Waals surface area contributed by atoms with Gasteiger partial charge in [-0.15, -0.1) is 0 Å². The first kappa shape index (κ1) is 22.4. The number of rotatable bonds is 4. The van der Waals surface area contributed by atoms with Crippen molar-refractivity contribution in [3.63, 3.8) is 0 Å². The minimum Gasteiger partial charge on any atom is -0.503 e. The van der Waals surface area contributed by atoms with Crippen LogP contribution in [-0.4, -0.2) is 17.5 Å². The summed E-state index contributed by atoms with van der Waals surface area (Å²) in [6.07, 6.45) is 1.16. The molecule has 6 heteroatoms. The number of allylic oxidation sites excluding steroid dienone is 1. The number of ether oxygens (including phenoxy) is 1. The van der Waals surface area contributed by atoms with Gasteiger partial charge in [-0.2, -0.15) is 0 Å². The molecule has 0 unspecified atom stereocenters. The van der Waals surface area contributed by atoms with E-state index in [1.54, 1.807) is 12.1 Å². The zero-order valence-electron chi connectivity index (χ0n) is 19.2. The molecule has 0 radical (unpaired) electrons. The van der Waals surface area contributed by atoms with Crippen LogP contribution in [0.3, 0.4) is 0 Å². The smallest absolute Gasteiger partial charge is 0.176 e. The van der Waals surface area contributed by atoms with E-state index in [4.69, 9.17) is 16.3 Å². The molecule has 5 nitrogen and oxygen atoms in total. The summed E-state index contributed by atoms with van der Waals surface area (Å²) in [4.78, 5) is 13.7. The van der Waals surface area contributed by atoms with Crippen molar-refractivity contribution in [1.82, 2.24) is 0 Å². The molecule has 0 spiro atoms. The number of hydrogen-bond donors (Lipinski definition) is 3. The molecule has 0 amide bonds. The number of Topliss-reactive ketones (excluding diaryl/α,β-unsaturated/α-hetero) is 1. The highest BCUT2D eigenvalue weighted by atomic mass is 35.5. The number of nitrogens with one attached hydrogen (secondary N) is 2. The average Bonchev–Trinajstić information content (AvgIpc) is 2.99. The second-order valence-corrected chi connectivity index (χ2v) is 9.27. The first-order valence-electron chi connectivity index (χ1n) is 11.5. The van der Waals surface area contributed by atoms with Gasteiger partial charge in [0.2, 0.25) is 0 Å². The summed E-state index contributed by atoms with van der Waals surface area (Å²) in [5.74, 6) is 0.405. The van der Waals surface area contributed by atoms with Crippen LogP contribution in [0.5, 0.6) is 11.5 Å². The molecule has 174 valence electrons. The van der Waals surface area contributed by atoms with Crippen molar-refractivity contribution < 1.29 is 14.6 Å². The summed E-state index contributed by atoms with van der Waals surface area (Å²) in [5, 5.41) is 17.6. The van der Waals surface area contributed by atoms with E-state index < -0.39 is 6.04 Å². The van der Waals surface area contributed by atoms with Gasteiger partial charge in [-0.1, -0.05) is 53.6 Å². The number of benzene rings is 3. The van der Waals surface area contributed by atoms with Gasteiger partial charge < -0.3 is 20.5 Å². The summed E-state index contributed by atoms with van der Waals surface area (Å²) in [6, 6.07) is 19.4. The Balaban J connectivity index is 1.62. The molecule has 3 aromatic carbocycles. The summed E-state index contributed by atoms with van der Waals surface area (Å²) in [5.41, 5.74) is 6.55. The zero-order chi connectivity index (χ0) is 23.8. The molecule has 5 rings (SSSR count). The lowest BCUT2D eigenvalue weighted by Gasteiger charge is -2.30. The third-order valence-corrected chi connectivity index (χ3v) is 6.83.